The van der Waals surface area contributed by atoms with Gasteiger partial charge in [0.05, 0.1) is 5.52 Å². The molecule has 5 heteroatoms. The van der Waals surface area contributed by atoms with E-state index in [1.165, 1.54) is 11.6 Å². The Labute approximate surface area is 168 Å². The van der Waals surface area contributed by atoms with Gasteiger partial charge in [-0.15, -0.1) is 0 Å². The average molecular weight is 383 g/mol. The van der Waals surface area contributed by atoms with Crippen molar-refractivity contribution < 1.29 is 4.79 Å². The number of rotatable bonds is 4. The maximum Gasteiger partial charge on any atom is 0.267 e. The van der Waals surface area contributed by atoms with Gasteiger partial charge in [-0.1, -0.05) is 48.0 Å². The topological polar surface area (TPSA) is 56.4 Å². The molecule has 0 fully saturated rings. The molecule has 0 unspecified atom stereocenters. The van der Waals surface area contributed by atoms with Crippen molar-refractivity contribution in [2.45, 2.75) is 20.0 Å². The summed E-state index contributed by atoms with van der Waals surface area (Å²) in [6, 6.07) is 22.7. The first-order chi connectivity index (χ1) is 14.1. The largest absolute Gasteiger partial charge is 0.338 e. The molecule has 2 aromatic heterocycles. The van der Waals surface area contributed by atoms with Crippen molar-refractivity contribution in [2.75, 3.05) is 0 Å². The molecule has 2 heterocycles. The van der Waals surface area contributed by atoms with Crippen molar-refractivity contribution in [3.05, 3.63) is 112 Å². The zero-order valence-electron chi connectivity index (χ0n) is 16.2. The summed E-state index contributed by atoms with van der Waals surface area (Å²) in [4.78, 5) is 29.0. The molecule has 5 nitrogen and oxygen atoms in total. The van der Waals surface area contributed by atoms with Gasteiger partial charge in [-0.05, 0) is 36.8 Å². The van der Waals surface area contributed by atoms with Crippen LogP contribution in [0.15, 0.2) is 95.0 Å². The third-order valence-corrected chi connectivity index (χ3v) is 4.82. The number of fused-ring (bicyclic) bond motifs is 1. The lowest BCUT2D eigenvalue weighted by atomic mass is 10.1. The van der Waals surface area contributed by atoms with Gasteiger partial charge in [0.25, 0.3) is 5.91 Å². The minimum atomic E-state index is -0.275. The zero-order valence-corrected chi connectivity index (χ0v) is 16.2. The molecule has 0 aliphatic heterocycles. The van der Waals surface area contributed by atoms with Crippen LogP contribution in [0.3, 0.4) is 0 Å². The van der Waals surface area contributed by atoms with Crippen LogP contribution in [0.1, 0.15) is 11.1 Å². The molecule has 0 N–H and O–H groups in total. The Morgan fingerprint density at radius 3 is 2.45 bits per heavy atom. The highest BCUT2D eigenvalue weighted by atomic mass is 16.1. The summed E-state index contributed by atoms with van der Waals surface area (Å²) in [5, 5.41) is 0.594. The van der Waals surface area contributed by atoms with Crippen LogP contribution in [0.2, 0.25) is 0 Å². The van der Waals surface area contributed by atoms with Gasteiger partial charge in [0, 0.05) is 30.4 Å². The predicted molar refractivity (Wildman–Crippen MR) is 113 cm³/mol. The molecular formula is C24H21N3O2. The Kier molecular flexibility index (Phi) is 5.20. The van der Waals surface area contributed by atoms with Gasteiger partial charge in [-0.3, -0.25) is 9.59 Å². The predicted octanol–water partition coefficient (Wildman–Crippen LogP) is 3.29. The molecule has 29 heavy (non-hydrogen) atoms. The highest BCUT2D eigenvalue weighted by Gasteiger charge is 2.06. The number of hydrogen-bond donors (Lipinski definition) is 0. The van der Waals surface area contributed by atoms with Gasteiger partial charge >= 0.3 is 0 Å². The van der Waals surface area contributed by atoms with Crippen molar-refractivity contribution in [1.82, 2.24) is 9.13 Å². The SMILES string of the molecule is Cc1ccc(Cn2ccccc2=NC(=O)Cn2ccc(=O)c3ccccc32)cc1. The normalized spacial score (nSPS) is 11.7. The summed E-state index contributed by atoms with van der Waals surface area (Å²) in [5.41, 5.74) is 3.62. The summed E-state index contributed by atoms with van der Waals surface area (Å²) in [6.45, 7) is 2.76. The lowest BCUT2D eigenvalue weighted by Gasteiger charge is -2.09. The second-order valence-electron chi connectivity index (χ2n) is 7.00. The van der Waals surface area contributed by atoms with E-state index in [1.807, 2.05) is 47.2 Å². The van der Waals surface area contributed by atoms with Gasteiger partial charge in [0.1, 0.15) is 12.0 Å². The number of amides is 1. The summed E-state index contributed by atoms with van der Waals surface area (Å²) in [6.07, 6.45) is 3.56. The number of aromatic nitrogens is 2. The second kappa shape index (κ2) is 8.10. The number of para-hydroxylation sites is 1. The zero-order chi connectivity index (χ0) is 20.2. The van der Waals surface area contributed by atoms with Crippen molar-refractivity contribution in [2.24, 2.45) is 4.99 Å². The van der Waals surface area contributed by atoms with Crippen molar-refractivity contribution >= 4 is 16.8 Å². The fraction of sp³-hybridized carbons (Fsp3) is 0.125. The third kappa shape index (κ3) is 4.24. The third-order valence-electron chi connectivity index (χ3n) is 4.82. The van der Waals surface area contributed by atoms with Crippen LogP contribution in [0, 0.1) is 6.92 Å². The number of carbonyl (C=O) groups excluding carboxylic acids is 1. The molecule has 4 rings (SSSR count). The van der Waals surface area contributed by atoms with Crippen LogP contribution < -0.4 is 10.9 Å². The van der Waals surface area contributed by atoms with E-state index in [9.17, 15) is 9.59 Å². The summed E-state index contributed by atoms with van der Waals surface area (Å²) in [5.74, 6) is -0.275. The minimum absolute atomic E-state index is 0.0553. The van der Waals surface area contributed by atoms with Crippen LogP contribution in [0.5, 0.6) is 0 Å². The van der Waals surface area contributed by atoms with Crippen molar-refractivity contribution in [3.8, 4) is 0 Å². The molecule has 0 saturated heterocycles. The highest BCUT2D eigenvalue weighted by molar-refractivity contribution is 5.82. The Bertz CT molecular complexity index is 1300. The lowest BCUT2D eigenvalue weighted by Crippen LogP contribution is -2.23. The van der Waals surface area contributed by atoms with Gasteiger partial charge in [0.2, 0.25) is 0 Å². The fourth-order valence-corrected chi connectivity index (χ4v) is 3.30. The number of hydrogen-bond acceptors (Lipinski definition) is 2. The first-order valence-electron chi connectivity index (χ1n) is 9.47. The standard InChI is InChI=1S/C24H21N3O2/c1-18-9-11-19(12-10-18)16-27-14-5-4-8-23(27)25-24(29)17-26-15-13-22(28)20-6-2-3-7-21(20)26/h2-15H,16-17H2,1H3. The Hall–Kier alpha value is -3.73. The van der Waals surface area contributed by atoms with E-state index in [4.69, 9.17) is 0 Å². The quantitative estimate of drug-likeness (QED) is 0.543. The van der Waals surface area contributed by atoms with E-state index in [0.29, 0.717) is 17.4 Å². The summed E-state index contributed by atoms with van der Waals surface area (Å²) >= 11 is 0. The molecule has 0 spiro atoms. The highest BCUT2D eigenvalue weighted by Crippen LogP contribution is 2.09. The van der Waals surface area contributed by atoms with Gasteiger partial charge in [-0.2, -0.15) is 4.99 Å². The molecule has 0 atom stereocenters. The first kappa shape index (κ1) is 18.6. The molecule has 0 aliphatic carbocycles. The summed E-state index contributed by atoms with van der Waals surface area (Å²) in [7, 11) is 0. The van der Waals surface area contributed by atoms with Gasteiger partial charge in [-0.25, -0.2) is 0 Å². The van der Waals surface area contributed by atoms with Crippen LogP contribution in [-0.2, 0) is 17.9 Å². The monoisotopic (exact) mass is 383 g/mol. The molecule has 144 valence electrons. The second-order valence-corrected chi connectivity index (χ2v) is 7.00. The van der Waals surface area contributed by atoms with Crippen LogP contribution in [0.25, 0.3) is 10.9 Å². The molecule has 1 amide bonds. The number of aryl methyl sites for hydroxylation is 1. The molecule has 4 aromatic rings. The summed E-state index contributed by atoms with van der Waals surface area (Å²) < 4.78 is 3.71. The molecular weight excluding hydrogens is 362 g/mol. The van der Waals surface area contributed by atoms with Crippen molar-refractivity contribution in [1.29, 1.82) is 0 Å². The van der Waals surface area contributed by atoms with Gasteiger partial charge < -0.3 is 9.13 Å². The fourth-order valence-electron chi connectivity index (χ4n) is 3.30. The maximum absolute atomic E-state index is 12.7. The first-order valence-corrected chi connectivity index (χ1v) is 9.47. The van der Waals surface area contributed by atoms with E-state index in [0.717, 1.165) is 11.1 Å². The molecule has 0 bridgehead atoms. The maximum atomic E-state index is 12.7. The van der Waals surface area contributed by atoms with Gasteiger partial charge in [0.15, 0.2) is 5.43 Å². The molecule has 0 aliphatic rings. The van der Waals surface area contributed by atoms with Crippen LogP contribution in [-0.4, -0.2) is 15.0 Å². The minimum Gasteiger partial charge on any atom is -0.338 e. The van der Waals surface area contributed by atoms with Crippen LogP contribution >= 0.6 is 0 Å². The Balaban J connectivity index is 1.64. The van der Waals surface area contributed by atoms with Crippen molar-refractivity contribution in [3.63, 3.8) is 0 Å². The number of benzene rings is 2. The van der Waals surface area contributed by atoms with E-state index in [1.54, 1.807) is 16.8 Å². The van der Waals surface area contributed by atoms with E-state index < -0.39 is 0 Å². The Morgan fingerprint density at radius 1 is 0.862 bits per heavy atom. The van der Waals surface area contributed by atoms with E-state index in [2.05, 4.69) is 36.2 Å². The Morgan fingerprint density at radius 2 is 1.62 bits per heavy atom. The van der Waals surface area contributed by atoms with E-state index >= 15 is 0 Å². The van der Waals surface area contributed by atoms with E-state index in [-0.39, 0.29) is 17.9 Å². The average Bonchev–Trinajstić information content (AvgIpc) is 2.73. The lowest BCUT2D eigenvalue weighted by molar-refractivity contribution is -0.118. The number of nitrogens with zero attached hydrogens (tertiary/aromatic N) is 3. The molecule has 0 radical (unpaired) electrons. The van der Waals surface area contributed by atoms with Crippen LogP contribution in [0.4, 0.5) is 0 Å². The number of pyridine rings is 2. The molecule has 2 aromatic carbocycles. The smallest absolute Gasteiger partial charge is 0.267 e. The molecule has 0 saturated carbocycles. The number of carbonyl (C=O) groups is 1.